The minimum Gasteiger partial charge on any atom is -0.481 e. The Labute approximate surface area is 66.0 Å². The van der Waals surface area contributed by atoms with Crippen LogP contribution in [-0.4, -0.2) is 22.3 Å². The summed E-state index contributed by atoms with van der Waals surface area (Å²) in [6, 6.07) is 0. The number of carbonyl (C=O) groups is 1. The number of aliphatic hydroxyl groups is 1. The standard InChI is InChI=1S/C8H12O3/c1-2-3-4-5-7(9)6-8(10)11/h7,9H,4-6H2,1H3,(H,10,11). The van der Waals surface area contributed by atoms with Crippen molar-refractivity contribution in [2.75, 3.05) is 0 Å². The Bertz CT molecular complexity index is 176. The zero-order chi connectivity index (χ0) is 8.69. The highest BCUT2D eigenvalue weighted by atomic mass is 16.4. The number of hydrogen-bond acceptors (Lipinski definition) is 2. The molecule has 0 aliphatic carbocycles. The van der Waals surface area contributed by atoms with E-state index < -0.39 is 12.1 Å². The summed E-state index contributed by atoms with van der Waals surface area (Å²) in [6.45, 7) is 1.71. The first-order chi connectivity index (χ1) is 5.16. The molecule has 3 nitrogen and oxygen atoms in total. The van der Waals surface area contributed by atoms with Crippen LogP contribution in [-0.2, 0) is 4.79 Å². The maximum atomic E-state index is 10.0. The molecule has 0 aromatic carbocycles. The van der Waals surface area contributed by atoms with E-state index in [0.717, 1.165) is 0 Å². The molecule has 11 heavy (non-hydrogen) atoms. The quantitative estimate of drug-likeness (QED) is 0.587. The van der Waals surface area contributed by atoms with Crippen molar-refractivity contribution >= 4 is 5.97 Å². The molecule has 0 bridgehead atoms. The molecular formula is C8H12O3. The predicted octanol–water partition coefficient (Wildman–Crippen LogP) is 0.625. The number of carboxylic acid groups (broad SMARTS) is 1. The molecular weight excluding hydrogens is 144 g/mol. The zero-order valence-electron chi connectivity index (χ0n) is 6.50. The summed E-state index contributed by atoms with van der Waals surface area (Å²) in [6.07, 6.45) is 0.0529. The van der Waals surface area contributed by atoms with Gasteiger partial charge < -0.3 is 10.2 Å². The van der Waals surface area contributed by atoms with Crippen molar-refractivity contribution < 1.29 is 15.0 Å². The van der Waals surface area contributed by atoms with Crippen LogP contribution >= 0.6 is 0 Å². The SMILES string of the molecule is CC#CCCC(O)CC(=O)O. The molecule has 0 heterocycles. The van der Waals surface area contributed by atoms with E-state index in [1.165, 1.54) is 0 Å². The number of hydrogen-bond donors (Lipinski definition) is 2. The third kappa shape index (κ3) is 6.88. The first-order valence-corrected chi connectivity index (χ1v) is 3.46. The molecule has 0 aliphatic rings. The summed E-state index contributed by atoms with van der Waals surface area (Å²) in [5, 5.41) is 17.2. The van der Waals surface area contributed by atoms with Gasteiger partial charge in [0.2, 0.25) is 0 Å². The summed E-state index contributed by atoms with van der Waals surface area (Å²) in [5.74, 6) is 4.45. The molecule has 0 rings (SSSR count). The van der Waals surface area contributed by atoms with Gasteiger partial charge in [-0.15, -0.1) is 11.8 Å². The van der Waals surface area contributed by atoms with Gasteiger partial charge in [-0.25, -0.2) is 0 Å². The van der Waals surface area contributed by atoms with Crippen molar-refractivity contribution in [2.24, 2.45) is 0 Å². The summed E-state index contributed by atoms with van der Waals surface area (Å²) >= 11 is 0. The smallest absolute Gasteiger partial charge is 0.305 e. The van der Waals surface area contributed by atoms with E-state index in [9.17, 15) is 4.79 Å². The van der Waals surface area contributed by atoms with Crippen molar-refractivity contribution in [2.45, 2.75) is 32.3 Å². The van der Waals surface area contributed by atoms with Crippen molar-refractivity contribution in [3.8, 4) is 11.8 Å². The van der Waals surface area contributed by atoms with E-state index in [1.54, 1.807) is 6.92 Å². The molecule has 0 saturated carbocycles. The molecule has 1 atom stereocenters. The second-order valence-corrected chi connectivity index (χ2v) is 2.22. The summed E-state index contributed by atoms with van der Waals surface area (Å²) < 4.78 is 0. The molecule has 0 radical (unpaired) electrons. The van der Waals surface area contributed by atoms with E-state index in [-0.39, 0.29) is 6.42 Å². The van der Waals surface area contributed by atoms with Crippen LogP contribution in [0.4, 0.5) is 0 Å². The normalized spacial score (nSPS) is 11.5. The second kappa shape index (κ2) is 5.75. The highest BCUT2D eigenvalue weighted by Gasteiger charge is 2.07. The minimum atomic E-state index is -0.970. The molecule has 0 aliphatic heterocycles. The van der Waals surface area contributed by atoms with Gasteiger partial charge in [0, 0.05) is 6.42 Å². The van der Waals surface area contributed by atoms with E-state index in [1.807, 2.05) is 0 Å². The third-order valence-electron chi connectivity index (χ3n) is 1.19. The third-order valence-corrected chi connectivity index (χ3v) is 1.19. The van der Waals surface area contributed by atoms with Crippen LogP contribution in [0, 0.1) is 11.8 Å². The lowest BCUT2D eigenvalue weighted by atomic mass is 10.1. The highest BCUT2D eigenvalue weighted by Crippen LogP contribution is 2.00. The van der Waals surface area contributed by atoms with Crippen LogP contribution in [0.15, 0.2) is 0 Å². The summed E-state index contributed by atoms with van der Waals surface area (Å²) in [7, 11) is 0. The molecule has 0 fully saturated rings. The fraction of sp³-hybridized carbons (Fsp3) is 0.625. The number of carboxylic acids is 1. The van der Waals surface area contributed by atoms with E-state index in [0.29, 0.717) is 12.8 Å². The Morgan fingerprint density at radius 2 is 2.27 bits per heavy atom. The Hall–Kier alpha value is -1.01. The molecule has 1 unspecified atom stereocenters. The van der Waals surface area contributed by atoms with Gasteiger partial charge in [-0.1, -0.05) is 0 Å². The van der Waals surface area contributed by atoms with Gasteiger partial charge in [0.25, 0.3) is 0 Å². The average molecular weight is 156 g/mol. The Morgan fingerprint density at radius 1 is 1.64 bits per heavy atom. The fourth-order valence-electron chi connectivity index (χ4n) is 0.667. The van der Waals surface area contributed by atoms with Crippen molar-refractivity contribution in [3.05, 3.63) is 0 Å². The summed E-state index contributed by atoms with van der Waals surface area (Å²) in [4.78, 5) is 10.0. The lowest BCUT2D eigenvalue weighted by molar-refractivity contribution is -0.139. The van der Waals surface area contributed by atoms with Crippen molar-refractivity contribution in [1.29, 1.82) is 0 Å². The molecule has 0 amide bonds. The van der Waals surface area contributed by atoms with Crippen LogP contribution in [0.5, 0.6) is 0 Å². The molecule has 0 saturated heterocycles. The van der Waals surface area contributed by atoms with E-state index >= 15 is 0 Å². The van der Waals surface area contributed by atoms with Gasteiger partial charge in [0.05, 0.1) is 12.5 Å². The van der Waals surface area contributed by atoms with Crippen LogP contribution in [0.25, 0.3) is 0 Å². The molecule has 0 aromatic heterocycles. The topological polar surface area (TPSA) is 57.5 Å². The van der Waals surface area contributed by atoms with Crippen LogP contribution < -0.4 is 0 Å². The van der Waals surface area contributed by atoms with Gasteiger partial charge in [0.15, 0.2) is 0 Å². The Kier molecular flexibility index (Phi) is 5.22. The molecule has 3 heteroatoms. The maximum Gasteiger partial charge on any atom is 0.305 e. The highest BCUT2D eigenvalue weighted by molar-refractivity contribution is 5.67. The molecule has 0 aromatic rings. The first kappa shape index (κ1) is 9.99. The largest absolute Gasteiger partial charge is 0.481 e. The number of aliphatic hydroxyl groups excluding tert-OH is 1. The number of rotatable bonds is 4. The lowest BCUT2D eigenvalue weighted by Gasteiger charge is -2.03. The monoisotopic (exact) mass is 156 g/mol. The summed E-state index contributed by atoms with van der Waals surface area (Å²) in [5.41, 5.74) is 0. The number of aliphatic carboxylic acids is 1. The van der Waals surface area contributed by atoms with Crippen LogP contribution in [0.1, 0.15) is 26.2 Å². The zero-order valence-corrected chi connectivity index (χ0v) is 6.50. The van der Waals surface area contributed by atoms with Gasteiger partial charge >= 0.3 is 5.97 Å². The van der Waals surface area contributed by atoms with E-state index in [2.05, 4.69) is 11.8 Å². The minimum absolute atomic E-state index is 0.189. The molecule has 2 N–H and O–H groups in total. The average Bonchev–Trinajstić information content (AvgIpc) is 1.86. The second-order valence-electron chi connectivity index (χ2n) is 2.22. The fourth-order valence-corrected chi connectivity index (χ4v) is 0.667. The first-order valence-electron chi connectivity index (χ1n) is 3.46. The predicted molar refractivity (Wildman–Crippen MR) is 40.9 cm³/mol. The van der Waals surface area contributed by atoms with Crippen LogP contribution in [0.2, 0.25) is 0 Å². The lowest BCUT2D eigenvalue weighted by Crippen LogP contribution is -2.12. The van der Waals surface area contributed by atoms with E-state index in [4.69, 9.17) is 10.2 Å². The van der Waals surface area contributed by atoms with Crippen molar-refractivity contribution in [1.82, 2.24) is 0 Å². The Balaban J connectivity index is 3.41. The Morgan fingerprint density at radius 3 is 2.73 bits per heavy atom. The van der Waals surface area contributed by atoms with Gasteiger partial charge in [-0.2, -0.15) is 0 Å². The van der Waals surface area contributed by atoms with Crippen LogP contribution in [0.3, 0.4) is 0 Å². The molecule has 62 valence electrons. The van der Waals surface area contributed by atoms with Gasteiger partial charge in [-0.05, 0) is 13.3 Å². The molecule has 0 spiro atoms. The maximum absolute atomic E-state index is 10.0. The van der Waals surface area contributed by atoms with Gasteiger partial charge in [0.1, 0.15) is 0 Å². The van der Waals surface area contributed by atoms with Crippen molar-refractivity contribution in [3.63, 3.8) is 0 Å². The van der Waals surface area contributed by atoms with Gasteiger partial charge in [-0.3, -0.25) is 4.79 Å².